The fraction of sp³-hybridized carbons (Fsp3) is 0.118. The van der Waals surface area contributed by atoms with Crippen molar-refractivity contribution < 1.29 is 0 Å². The molecule has 0 unspecified atom stereocenters. The number of hydrogen-bond donors (Lipinski definition) is 1. The number of halogens is 1. The first kappa shape index (κ1) is 13.7. The van der Waals surface area contributed by atoms with E-state index < -0.39 is 0 Å². The van der Waals surface area contributed by atoms with Gasteiger partial charge in [0.1, 0.15) is 5.82 Å². The fourth-order valence-corrected chi connectivity index (χ4v) is 2.58. The van der Waals surface area contributed by atoms with E-state index >= 15 is 0 Å². The van der Waals surface area contributed by atoms with Gasteiger partial charge in [0, 0.05) is 11.1 Å². The molecule has 21 heavy (non-hydrogen) atoms. The number of hydrogen-bond acceptors (Lipinski definition) is 2. The van der Waals surface area contributed by atoms with Crippen LogP contribution in [0.2, 0.25) is 5.02 Å². The van der Waals surface area contributed by atoms with Gasteiger partial charge in [-0.05, 0) is 31.5 Å². The zero-order valence-electron chi connectivity index (χ0n) is 12.0. The molecule has 0 aliphatic rings. The lowest BCUT2D eigenvalue weighted by molar-refractivity contribution is 0.895. The fourth-order valence-electron chi connectivity index (χ4n) is 2.36. The van der Waals surface area contributed by atoms with Gasteiger partial charge >= 0.3 is 0 Å². The summed E-state index contributed by atoms with van der Waals surface area (Å²) in [5.74, 6) is 0.633. The third-order valence-electron chi connectivity index (χ3n) is 3.62. The molecule has 2 aromatic carbocycles. The zero-order chi connectivity index (χ0) is 15.0. The van der Waals surface area contributed by atoms with E-state index in [-0.39, 0.29) is 0 Å². The van der Waals surface area contributed by atoms with Crippen LogP contribution in [0.25, 0.3) is 16.9 Å². The van der Waals surface area contributed by atoms with Crippen molar-refractivity contribution in [3.05, 3.63) is 64.7 Å². The number of aromatic nitrogens is 2. The van der Waals surface area contributed by atoms with Gasteiger partial charge < -0.3 is 5.73 Å². The highest BCUT2D eigenvalue weighted by atomic mass is 35.5. The van der Waals surface area contributed by atoms with Gasteiger partial charge in [-0.15, -0.1) is 0 Å². The average Bonchev–Trinajstić information content (AvgIpc) is 2.79. The standard InChI is InChI=1S/C17H16ClN3/c1-11-7-6-10-14(15(11)18)16-12(2)17(19)21(20-16)13-8-4-3-5-9-13/h3-10H,19H2,1-2H3. The largest absolute Gasteiger partial charge is 0.383 e. The second-order valence-electron chi connectivity index (χ2n) is 5.04. The Morgan fingerprint density at radius 2 is 1.71 bits per heavy atom. The molecule has 0 saturated carbocycles. The van der Waals surface area contributed by atoms with Crippen LogP contribution in [0.4, 0.5) is 5.82 Å². The van der Waals surface area contributed by atoms with E-state index in [1.165, 1.54) is 0 Å². The Morgan fingerprint density at radius 3 is 2.43 bits per heavy atom. The summed E-state index contributed by atoms with van der Waals surface area (Å²) in [6, 6.07) is 15.8. The van der Waals surface area contributed by atoms with Crippen LogP contribution in [-0.2, 0) is 0 Å². The molecule has 0 aliphatic heterocycles. The lowest BCUT2D eigenvalue weighted by atomic mass is 10.1. The van der Waals surface area contributed by atoms with Crippen LogP contribution in [-0.4, -0.2) is 9.78 Å². The minimum Gasteiger partial charge on any atom is -0.383 e. The van der Waals surface area contributed by atoms with E-state index in [1.54, 1.807) is 4.68 Å². The quantitative estimate of drug-likeness (QED) is 0.762. The van der Waals surface area contributed by atoms with E-state index in [0.717, 1.165) is 33.1 Å². The Kier molecular flexibility index (Phi) is 3.43. The lowest BCUT2D eigenvalue weighted by Crippen LogP contribution is -2.01. The predicted octanol–water partition coefficient (Wildman–Crippen LogP) is 4.39. The van der Waals surface area contributed by atoms with Gasteiger partial charge in [-0.25, -0.2) is 4.68 Å². The zero-order valence-corrected chi connectivity index (χ0v) is 12.7. The monoisotopic (exact) mass is 297 g/mol. The predicted molar refractivity (Wildman–Crippen MR) is 87.9 cm³/mol. The first-order valence-electron chi connectivity index (χ1n) is 6.75. The van der Waals surface area contributed by atoms with E-state index in [0.29, 0.717) is 5.82 Å². The normalized spacial score (nSPS) is 10.8. The summed E-state index contributed by atoms with van der Waals surface area (Å²) in [5.41, 5.74) is 10.9. The molecule has 1 aromatic heterocycles. The number of nitrogen functional groups attached to an aromatic ring is 1. The van der Waals surface area contributed by atoms with Crippen LogP contribution in [0.1, 0.15) is 11.1 Å². The molecule has 0 atom stereocenters. The number of rotatable bonds is 2. The first-order chi connectivity index (χ1) is 10.1. The molecule has 0 bridgehead atoms. The maximum atomic E-state index is 6.42. The number of benzene rings is 2. The molecule has 3 nitrogen and oxygen atoms in total. The highest BCUT2D eigenvalue weighted by Gasteiger charge is 2.17. The Labute approximate surface area is 129 Å². The van der Waals surface area contributed by atoms with E-state index in [2.05, 4.69) is 5.10 Å². The van der Waals surface area contributed by atoms with Crippen molar-refractivity contribution in [2.24, 2.45) is 0 Å². The summed E-state index contributed by atoms with van der Waals surface area (Å²) < 4.78 is 1.75. The average molecular weight is 298 g/mol. The molecule has 3 aromatic rings. The summed E-state index contributed by atoms with van der Waals surface area (Å²) >= 11 is 6.42. The van der Waals surface area contributed by atoms with Gasteiger partial charge in [0.05, 0.1) is 16.4 Å². The maximum absolute atomic E-state index is 6.42. The number of anilines is 1. The minimum absolute atomic E-state index is 0.633. The number of aryl methyl sites for hydroxylation is 1. The molecule has 0 amide bonds. The van der Waals surface area contributed by atoms with Gasteiger partial charge in [-0.3, -0.25) is 0 Å². The second-order valence-corrected chi connectivity index (χ2v) is 5.42. The molecule has 4 heteroatoms. The highest BCUT2D eigenvalue weighted by molar-refractivity contribution is 6.34. The summed E-state index contributed by atoms with van der Waals surface area (Å²) in [7, 11) is 0. The van der Waals surface area contributed by atoms with Gasteiger partial charge in [-0.1, -0.05) is 48.0 Å². The summed E-state index contributed by atoms with van der Waals surface area (Å²) in [4.78, 5) is 0. The topological polar surface area (TPSA) is 43.8 Å². The molecule has 0 fully saturated rings. The van der Waals surface area contributed by atoms with Crippen molar-refractivity contribution in [3.8, 4) is 16.9 Å². The number of nitrogens with two attached hydrogens (primary N) is 1. The van der Waals surface area contributed by atoms with Gasteiger partial charge in [0.25, 0.3) is 0 Å². The maximum Gasteiger partial charge on any atom is 0.130 e. The second kappa shape index (κ2) is 5.26. The molecule has 1 heterocycles. The van der Waals surface area contributed by atoms with Crippen molar-refractivity contribution in [2.45, 2.75) is 13.8 Å². The van der Waals surface area contributed by atoms with Crippen LogP contribution >= 0.6 is 11.6 Å². The third-order valence-corrected chi connectivity index (χ3v) is 4.12. The summed E-state index contributed by atoms with van der Waals surface area (Å²) in [5, 5.41) is 5.38. The molecule has 0 aliphatic carbocycles. The molecule has 0 radical (unpaired) electrons. The van der Waals surface area contributed by atoms with Crippen molar-refractivity contribution in [2.75, 3.05) is 5.73 Å². The van der Waals surface area contributed by atoms with Crippen molar-refractivity contribution in [1.82, 2.24) is 9.78 Å². The lowest BCUT2D eigenvalue weighted by Gasteiger charge is -2.04. The van der Waals surface area contributed by atoms with E-state index in [4.69, 9.17) is 17.3 Å². The van der Waals surface area contributed by atoms with E-state index in [9.17, 15) is 0 Å². The molecular weight excluding hydrogens is 282 g/mol. The van der Waals surface area contributed by atoms with Crippen LogP contribution in [0.5, 0.6) is 0 Å². The van der Waals surface area contributed by atoms with Crippen LogP contribution in [0, 0.1) is 13.8 Å². The molecule has 0 spiro atoms. The van der Waals surface area contributed by atoms with E-state index in [1.807, 2.05) is 62.4 Å². The smallest absolute Gasteiger partial charge is 0.130 e. The molecular formula is C17H16ClN3. The van der Waals surface area contributed by atoms with Crippen molar-refractivity contribution >= 4 is 17.4 Å². The first-order valence-corrected chi connectivity index (χ1v) is 7.13. The van der Waals surface area contributed by atoms with Gasteiger partial charge in [0.15, 0.2) is 0 Å². The number of para-hydroxylation sites is 1. The molecule has 3 rings (SSSR count). The summed E-state index contributed by atoms with van der Waals surface area (Å²) in [6.45, 7) is 3.95. The van der Waals surface area contributed by atoms with Crippen LogP contribution in [0.15, 0.2) is 48.5 Å². The molecule has 2 N–H and O–H groups in total. The van der Waals surface area contributed by atoms with Crippen molar-refractivity contribution in [1.29, 1.82) is 0 Å². The highest BCUT2D eigenvalue weighted by Crippen LogP contribution is 2.34. The Morgan fingerprint density at radius 1 is 1.00 bits per heavy atom. The Bertz CT molecular complexity index is 791. The number of nitrogens with zero attached hydrogens (tertiary/aromatic N) is 2. The Balaban J connectivity index is 2.20. The third kappa shape index (κ3) is 2.30. The Hall–Kier alpha value is -2.26. The van der Waals surface area contributed by atoms with Gasteiger partial charge in [-0.2, -0.15) is 5.10 Å². The SMILES string of the molecule is Cc1cccc(-c2nn(-c3ccccc3)c(N)c2C)c1Cl. The van der Waals surface area contributed by atoms with Gasteiger partial charge in [0.2, 0.25) is 0 Å². The van der Waals surface area contributed by atoms with Crippen LogP contribution < -0.4 is 5.73 Å². The molecule has 106 valence electrons. The summed E-state index contributed by atoms with van der Waals surface area (Å²) in [6.07, 6.45) is 0. The van der Waals surface area contributed by atoms with Crippen LogP contribution in [0.3, 0.4) is 0 Å². The molecule has 0 saturated heterocycles. The minimum atomic E-state index is 0.633. The van der Waals surface area contributed by atoms with Crippen molar-refractivity contribution in [3.63, 3.8) is 0 Å².